The summed E-state index contributed by atoms with van der Waals surface area (Å²) >= 11 is 3.67. The number of likely N-dealkylation sites (tertiary alicyclic amines) is 1. The maximum Gasteiger partial charge on any atom is 0.227 e. The van der Waals surface area contributed by atoms with Crippen molar-refractivity contribution in [2.75, 3.05) is 19.6 Å². The minimum absolute atomic E-state index is 0.0272. The highest BCUT2D eigenvalue weighted by Gasteiger charge is 2.40. The molecule has 0 spiro atoms. The van der Waals surface area contributed by atoms with E-state index in [9.17, 15) is 4.79 Å². The topological polar surface area (TPSA) is 32.3 Å². The maximum absolute atomic E-state index is 13.4. The predicted octanol–water partition coefficient (Wildman–Crippen LogP) is 4.55. The van der Waals surface area contributed by atoms with Gasteiger partial charge in [-0.15, -0.1) is 0 Å². The molecule has 2 fully saturated rings. The number of piperidine rings is 1. The van der Waals surface area contributed by atoms with Crippen LogP contribution in [-0.4, -0.2) is 36.5 Å². The fourth-order valence-electron chi connectivity index (χ4n) is 4.78. The smallest absolute Gasteiger partial charge is 0.227 e. The van der Waals surface area contributed by atoms with Crippen molar-refractivity contribution in [2.45, 2.75) is 37.6 Å². The molecule has 2 heterocycles. The fraction of sp³-hybridized carbons (Fsp3) is 0.435. The van der Waals surface area contributed by atoms with Crippen LogP contribution < -0.4 is 5.32 Å². The average molecular weight is 427 g/mol. The first-order valence-corrected chi connectivity index (χ1v) is 10.7. The van der Waals surface area contributed by atoms with Crippen molar-refractivity contribution < 1.29 is 4.79 Å². The van der Waals surface area contributed by atoms with E-state index in [-0.39, 0.29) is 17.9 Å². The van der Waals surface area contributed by atoms with Gasteiger partial charge in [0, 0.05) is 36.1 Å². The molecule has 4 rings (SSSR count). The lowest BCUT2D eigenvalue weighted by atomic mass is 9.83. The first kappa shape index (κ1) is 18.7. The molecule has 2 aromatic carbocycles. The molecule has 0 aromatic heterocycles. The Kier molecular flexibility index (Phi) is 5.65. The first-order chi connectivity index (χ1) is 13.1. The van der Waals surface area contributed by atoms with Gasteiger partial charge < -0.3 is 10.2 Å². The second kappa shape index (κ2) is 8.15. The van der Waals surface area contributed by atoms with E-state index < -0.39 is 0 Å². The minimum Gasteiger partial charge on any atom is -0.340 e. The Balaban J connectivity index is 1.47. The van der Waals surface area contributed by atoms with E-state index >= 15 is 0 Å². The largest absolute Gasteiger partial charge is 0.340 e. The van der Waals surface area contributed by atoms with E-state index in [1.807, 2.05) is 6.07 Å². The third kappa shape index (κ3) is 3.83. The Morgan fingerprint density at radius 3 is 2.56 bits per heavy atom. The van der Waals surface area contributed by atoms with Crippen LogP contribution in [-0.2, 0) is 4.79 Å². The van der Waals surface area contributed by atoms with Crippen molar-refractivity contribution in [3.63, 3.8) is 0 Å². The van der Waals surface area contributed by atoms with Crippen LogP contribution in [0.25, 0.3) is 0 Å². The number of amides is 1. The molecule has 142 valence electrons. The molecule has 4 atom stereocenters. The number of carbonyl (C=O) groups is 1. The summed E-state index contributed by atoms with van der Waals surface area (Å²) in [6.45, 7) is 4.71. The minimum atomic E-state index is 0.0272. The zero-order valence-corrected chi connectivity index (χ0v) is 17.4. The number of carbonyl (C=O) groups excluding carboxylic acids is 1. The van der Waals surface area contributed by atoms with E-state index in [0.717, 1.165) is 36.9 Å². The zero-order chi connectivity index (χ0) is 18.8. The summed E-state index contributed by atoms with van der Waals surface area (Å²) in [5, 5.41) is 3.45. The molecule has 0 aliphatic carbocycles. The van der Waals surface area contributed by atoms with Crippen molar-refractivity contribution in [1.82, 2.24) is 10.2 Å². The lowest BCUT2D eigenvalue weighted by molar-refractivity contribution is -0.138. The predicted molar refractivity (Wildman–Crippen MR) is 113 cm³/mol. The van der Waals surface area contributed by atoms with Gasteiger partial charge in [-0.25, -0.2) is 0 Å². The number of nitrogens with zero attached hydrogens (tertiary/aromatic N) is 1. The maximum atomic E-state index is 13.4. The second-order valence-corrected chi connectivity index (χ2v) is 8.76. The summed E-state index contributed by atoms with van der Waals surface area (Å²) in [7, 11) is 0. The van der Waals surface area contributed by atoms with Crippen molar-refractivity contribution in [3.8, 4) is 0 Å². The number of hydrogen-bond donors (Lipinski definition) is 1. The molecule has 1 amide bonds. The Morgan fingerprint density at radius 2 is 1.81 bits per heavy atom. The van der Waals surface area contributed by atoms with Crippen molar-refractivity contribution >= 4 is 21.8 Å². The highest BCUT2D eigenvalue weighted by atomic mass is 79.9. The molecule has 2 aromatic rings. The normalized spacial score (nSPS) is 28.3. The van der Waals surface area contributed by atoms with Gasteiger partial charge in [0.2, 0.25) is 5.91 Å². The Hall–Kier alpha value is -1.65. The van der Waals surface area contributed by atoms with Gasteiger partial charge in [0.05, 0.1) is 5.92 Å². The highest BCUT2D eigenvalue weighted by Crippen LogP contribution is 2.37. The van der Waals surface area contributed by atoms with Gasteiger partial charge in [-0.3, -0.25) is 4.79 Å². The number of rotatable bonds is 3. The van der Waals surface area contributed by atoms with Crippen LogP contribution in [0.3, 0.4) is 0 Å². The molecule has 0 radical (unpaired) electrons. The van der Waals surface area contributed by atoms with Crippen LogP contribution in [0.15, 0.2) is 59.1 Å². The molecule has 2 saturated heterocycles. The molecule has 27 heavy (non-hydrogen) atoms. The van der Waals surface area contributed by atoms with E-state index in [1.54, 1.807) is 0 Å². The molecule has 2 aliphatic rings. The molecule has 0 bridgehead atoms. The van der Waals surface area contributed by atoms with Gasteiger partial charge in [0.15, 0.2) is 0 Å². The van der Waals surface area contributed by atoms with Crippen LogP contribution in [0.1, 0.15) is 42.7 Å². The third-order valence-corrected chi connectivity index (χ3v) is 6.99. The standard InChI is InChI=1S/C23H27BrN2O/c1-16-13-18(17-7-3-2-4-8-17)11-12-26(16)23(27)21-15-25-14-20(21)19-9-5-6-10-22(19)24/h2-10,16,18,20-21,25H,11-15H2,1H3/t16-,18+,20-,21+/m0/s1. The Morgan fingerprint density at radius 1 is 1.07 bits per heavy atom. The molecular weight excluding hydrogens is 400 g/mol. The summed E-state index contributed by atoms with van der Waals surface area (Å²) in [6, 6.07) is 19.3. The lowest BCUT2D eigenvalue weighted by Crippen LogP contribution is -2.48. The van der Waals surface area contributed by atoms with Gasteiger partial charge in [-0.05, 0) is 42.9 Å². The van der Waals surface area contributed by atoms with Gasteiger partial charge in [0.1, 0.15) is 0 Å². The lowest BCUT2D eigenvalue weighted by Gasteiger charge is -2.40. The van der Waals surface area contributed by atoms with Crippen LogP contribution in [0.5, 0.6) is 0 Å². The SMILES string of the molecule is C[C@H]1C[C@H](c2ccccc2)CCN1C(=O)[C@@H]1CNC[C@H]1c1ccccc1Br. The second-order valence-electron chi connectivity index (χ2n) is 7.91. The molecular formula is C23H27BrN2O. The summed E-state index contributed by atoms with van der Waals surface area (Å²) in [6.07, 6.45) is 2.11. The number of nitrogens with one attached hydrogen (secondary N) is 1. The summed E-state index contributed by atoms with van der Waals surface area (Å²) < 4.78 is 1.10. The molecule has 3 nitrogen and oxygen atoms in total. The molecule has 2 aliphatic heterocycles. The molecule has 0 saturated carbocycles. The van der Waals surface area contributed by atoms with Crippen molar-refractivity contribution in [1.29, 1.82) is 0 Å². The van der Waals surface area contributed by atoms with Gasteiger partial charge in [0.25, 0.3) is 0 Å². The highest BCUT2D eigenvalue weighted by molar-refractivity contribution is 9.10. The Labute approximate surface area is 170 Å². The van der Waals surface area contributed by atoms with Crippen molar-refractivity contribution in [2.24, 2.45) is 5.92 Å². The summed E-state index contributed by atoms with van der Waals surface area (Å²) in [5.41, 5.74) is 2.65. The van der Waals surface area contributed by atoms with E-state index in [1.165, 1.54) is 11.1 Å². The monoisotopic (exact) mass is 426 g/mol. The third-order valence-electron chi connectivity index (χ3n) is 6.27. The van der Waals surface area contributed by atoms with Crippen LogP contribution in [0.2, 0.25) is 0 Å². The van der Waals surface area contributed by atoms with Gasteiger partial charge in [-0.2, -0.15) is 0 Å². The average Bonchev–Trinajstić information content (AvgIpc) is 3.18. The summed E-state index contributed by atoms with van der Waals surface area (Å²) in [5.74, 6) is 1.15. The van der Waals surface area contributed by atoms with E-state index in [2.05, 4.69) is 81.6 Å². The van der Waals surface area contributed by atoms with Gasteiger partial charge in [-0.1, -0.05) is 64.5 Å². The molecule has 4 heteroatoms. The number of halogens is 1. The van der Waals surface area contributed by atoms with Crippen molar-refractivity contribution in [3.05, 3.63) is 70.2 Å². The molecule has 1 N–H and O–H groups in total. The Bertz CT molecular complexity index is 794. The fourth-order valence-corrected chi connectivity index (χ4v) is 5.36. The van der Waals surface area contributed by atoms with Crippen LogP contribution >= 0.6 is 15.9 Å². The first-order valence-electron chi connectivity index (χ1n) is 9.95. The van der Waals surface area contributed by atoms with Crippen LogP contribution in [0, 0.1) is 5.92 Å². The van der Waals surface area contributed by atoms with E-state index in [4.69, 9.17) is 0 Å². The summed E-state index contributed by atoms with van der Waals surface area (Å²) in [4.78, 5) is 15.6. The quantitative estimate of drug-likeness (QED) is 0.780. The molecule has 0 unspecified atom stereocenters. The number of benzene rings is 2. The zero-order valence-electron chi connectivity index (χ0n) is 15.8. The van der Waals surface area contributed by atoms with Gasteiger partial charge >= 0.3 is 0 Å². The van der Waals surface area contributed by atoms with E-state index in [0.29, 0.717) is 11.8 Å². The van der Waals surface area contributed by atoms with Crippen LogP contribution in [0.4, 0.5) is 0 Å². The number of hydrogen-bond acceptors (Lipinski definition) is 2.